The van der Waals surface area contributed by atoms with Crippen molar-refractivity contribution in [3.05, 3.63) is 15.6 Å². The van der Waals surface area contributed by atoms with Crippen LogP contribution in [0.15, 0.2) is 0 Å². The van der Waals surface area contributed by atoms with E-state index in [1.807, 2.05) is 0 Å². The smallest absolute Gasteiger partial charge is 0.237 e. The van der Waals surface area contributed by atoms with E-state index in [2.05, 4.69) is 29.5 Å². The minimum atomic E-state index is 0. The van der Waals surface area contributed by atoms with Gasteiger partial charge in [0.05, 0.1) is 16.7 Å². The number of hydrogen-bond acceptors (Lipinski definition) is 4. The molecular formula is C13H23Cl2N3OS. The Morgan fingerprint density at radius 3 is 2.80 bits per heavy atom. The first-order valence-corrected chi connectivity index (χ1v) is 7.48. The molecular weight excluding hydrogens is 317 g/mol. The van der Waals surface area contributed by atoms with Crippen molar-refractivity contribution in [1.29, 1.82) is 0 Å². The second kappa shape index (κ2) is 9.55. The normalized spacial score (nSPS) is 17.2. The average Bonchev–Trinajstić information content (AvgIpc) is 2.98. The molecule has 1 amide bonds. The first-order valence-electron chi connectivity index (χ1n) is 6.67. The Morgan fingerprint density at radius 1 is 1.50 bits per heavy atom. The molecule has 0 bridgehead atoms. The molecule has 0 spiro atoms. The van der Waals surface area contributed by atoms with E-state index in [4.69, 9.17) is 0 Å². The molecule has 0 aromatic carbocycles. The van der Waals surface area contributed by atoms with Crippen molar-refractivity contribution >= 4 is 42.1 Å². The summed E-state index contributed by atoms with van der Waals surface area (Å²) in [5.74, 6) is 0.136. The minimum absolute atomic E-state index is 0. The molecule has 1 aliphatic heterocycles. The maximum Gasteiger partial charge on any atom is 0.237 e. The lowest BCUT2D eigenvalue weighted by Crippen LogP contribution is -2.41. The maximum absolute atomic E-state index is 11.8. The predicted molar refractivity (Wildman–Crippen MR) is 88.5 cm³/mol. The summed E-state index contributed by atoms with van der Waals surface area (Å²) in [5, 5.41) is 7.32. The lowest BCUT2D eigenvalue weighted by molar-refractivity contribution is -0.122. The van der Waals surface area contributed by atoms with E-state index in [9.17, 15) is 4.79 Å². The number of nitrogens with zero attached hydrogens (tertiary/aromatic N) is 1. The molecule has 20 heavy (non-hydrogen) atoms. The van der Waals surface area contributed by atoms with Crippen LogP contribution in [0.2, 0.25) is 0 Å². The van der Waals surface area contributed by atoms with Crippen LogP contribution < -0.4 is 10.6 Å². The van der Waals surface area contributed by atoms with E-state index in [1.54, 1.807) is 11.3 Å². The Hall–Kier alpha value is -0.360. The quantitative estimate of drug-likeness (QED) is 0.865. The van der Waals surface area contributed by atoms with Crippen LogP contribution in [0.1, 0.15) is 35.3 Å². The van der Waals surface area contributed by atoms with Crippen molar-refractivity contribution in [2.24, 2.45) is 0 Å². The van der Waals surface area contributed by atoms with Gasteiger partial charge in [0.1, 0.15) is 0 Å². The van der Waals surface area contributed by atoms with Gasteiger partial charge < -0.3 is 10.6 Å². The fourth-order valence-corrected chi connectivity index (χ4v) is 3.27. The summed E-state index contributed by atoms with van der Waals surface area (Å²) >= 11 is 1.74. The van der Waals surface area contributed by atoms with Gasteiger partial charge in [0, 0.05) is 17.8 Å². The maximum atomic E-state index is 11.8. The number of rotatable bonds is 5. The molecule has 1 fully saturated rings. The molecule has 116 valence electrons. The fraction of sp³-hybridized carbons (Fsp3) is 0.692. The second-order valence-electron chi connectivity index (χ2n) is 4.65. The summed E-state index contributed by atoms with van der Waals surface area (Å²) in [6, 6.07) is 0.0224. The third kappa shape index (κ3) is 5.20. The van der Waals surface area contributed by atoms with Gasteiger partial charge in [-0.25, -0.2) is 4.98 Å². The highest BCUT2D eigenvalue weighted by molar-refractivity contribution is 7.11. The minimum Gasteiger partial charge on any atom is -0.354 e. The van der Waals surface area contributed by atoms with E-state index in [0.29, 0.717) is 6.54 Å². The van der Waals surface area contributed by atoms with Gasteiger partial charge in [0.2, 0.25) is 5.91 Å². The highest BCUT2D eigenvalue weighted by atomic mass is 35.5. The van der Waals surface area contributed by atoms with Gasteiger partial charge in [-0.1, -0.05) is 6.92 Å². The van der Waals surface area contributed by atoms with E-state index < -0.39 is 0 Å². The zero-order chi connectivity index (χ0) is 13.0. The Balaban J connectivity index is 0.00000180. The van der Waals surface area contributed by atoms with Crippen molar-refractivity contribution < 1.29 is 4.79 Å². The van der Waals surface area contributed by atoms with Gasteiger partial charge >= 0.3 is 0 Å². The SMILES string of the molecule is CCc1nc(CCNC(=O)C2CCCN2)sc1C.Cl.Cl. The third-order valence-corrected chi connectivity index (χ3v) is 4.36. The zero-order valence-electron chi connectivity index (χ0n) is 11.9. The van der Waals surface area contributed by atoms with Crippen molar-refractivity contribution in [2.75, 3.05) is 13.1 Å². The summed E-state index contributed by atoms with van der Waals surface area (Å²) in [6.45, 7) is 5.89. The van der Waals surface area contributed by atoms with Crippen molar-refractivity contribution in [2.45, 2.75) is 45.6 Å². The van der Waals surface area contributed by atoms with E-state index >= 15 is 0 Å². The lowest BCUT2D eigenvalue weighted by atomic mass is 10.2. The van der Waals surface area contributed by atoms with Gasteiger partial charge in [-0.15, -0.1) is 36.2 Å². The molecule has 1 aliphatic rings. The van der Waals surface area contributed by atoms with Gasteiger partial charge in [-0.3, -0.25) is 4.79 Å². The molecule has 4 nitrogen and oxygen atoms in total. The Morgan fingerprint density at radius 2 is 2.25 bits per heavy atom. The number of nitrogens with one attached hydrogen (secondary N) is 2. The molecule has 0 radical (unpaired) electrons. The van der Waals surface area contributed by atoms with E-state index in [-0.39, 0.29) is 36.8 Å². The number of hydrogen-bond donors (Lipinski definition) is 2. The number of aryl methyl sites for hydroxylation is 2. The Bertz CT molecular complexity index is 420. The third-order valence-electron chi connectivity index (χ3n) is 3.29. The molecule has 0 saturated carbocycles. The van der Waals surface area contributed by atoms with Gasteiger partial charge in [-0.05, 0) is 32.7 Å². The molecule has 1 aromatic heterocycles. The molecule has 0 aliphatic carbocycles. The topological polar surface area (TPSA) is 54.0 Å². The van der Waals surface area contributed by atoms with Gasteiger partial charge in [0.15, 0.2) is 0 Å². The van der Waals surface area contributed by atoms with Crippen molar-refractivity contribution in [3.63, 3.8) is 0 Å². The molecule has 1 atom stereocenters. The Kier molecular flexibility index (Phi) is 9.38. The Labute approximate surface area is 137 Å². The monoisotopic (exact) mass is 339 g/mol. The van der Waals surface area contributed by atoms with Crippen LogP contribution in [0.25, 0.3) is 0 Å². The molecule has 2 rings (SSSR count). The molecule has 2 heterocycles. The van der Waals surface area contributed by atoms with Crippen LogP contribution in [0, 0.1) is 6.92 Å². The summed E-state index contributed by atoms with van der Waals surface area (Å²) in [7, 11) is 0. The first kappa shape index (κ1) is 19.6. The van der Waals surface area contributed by atoms with Gasteiger partial charge in [-0.2, -0.15) is 0 Å². The number of halogens is 2. The molecule has 7 heteroatoms. The fourth-order valence-electron chi connectivity index (χ4n) is 2.25. The first-order chi connectivity index (χ1) is 8.70. The molecule has 1 aromatic rings. The second-order valence-corrected chi connectivity index (χ2v) is 5.94. The van der Waals surface area contributed by atoms with E-state index in [0.717, 1.165) is 37.2 Å². The standard InChI is InChI=1S/C13H21N3OS.2ClH/c1-3-10-9(2)18-12(16-10)6-8-15-13(17)11-5-4-7-14-11;;/h11,14H,3-8H2,1-2H3,(H,15,17);2*1H. The predicted octanol–water partition coefficient (Wildman–Crippen LogP) is 2.27. The van der Waals surface area contributed by atoms with E-state index in [1.165, 1.54) is 10.6 Å². The van der Waals surface area contributed by atoms with Crippen LogP contribution in [0.3, 0.4) is 0 Å². The molecule has 1 unspecified atom stereocenters. The van der Waals surface area contributed by atoms with Crippen LogP contribution in [0.4, 0.5) is 0 Å². The largest absolute Gasteiger partial charge is 0.354 e. The van der Waals surface area contributed by atoms with Crippen LogP contribution in [-0.4, -0.2) is 30.0 Å². The summed E-state index contributed by atoms with van der Waals surface area (Å²) in [5.41, 5.74) is 1.19. The number of thiazole rings is 1. The van der Waals surface area contributed by atoms with Crippen LogP contribution in [0.5, 0.6) is 0 Å². The van der Waals surface area contributed by atoms with Gasteiger partial charge in [0.25, 0.3) is 0 Å². The average molecular weight is 340 g/mol. The van der Waals surface area contributed by atoms with Crippen LogP contribution in [-0.2, 0) is 17.6 Å². The number of carbonyl (C=O) groups is 1. The lowest BCUT2D eigenvalue weighted by Gasteiger charge is -2.10. The van der Waals surface area contributed by atoms with Crippen LogP contribution >= 0.6 is 36.2 Å². The van der Waals surface area contributed by atoms with Crippen molar-refractivity contribution in [3.8, 4) is 0 Å². The summed E-state index contributed by atoms with van der Waals surface area (Å²) in [4.78, 5) is 17.6. The highest BCUT2D eigenvalue weighted by Crippen LogP contribution is 2.18. The zero-order valence-corrected chi connectivity index (χ0v) is 14.3. The van der Waals surface area contributed by atoms with Crippen molar-refractivity contribution in [1.82, 2.24) is 15.6 Å². The summed E-state index contributed by atoms with van der Waals surface area (Å²) < 4.78 is 0. The molecule has 2 N–H and O–H groups in total. The number of aromatic nitrogens is 1. The number of carbonyl (C=O) groups excluding carboxylic acids is 1. The highest BCUT2D eigenvalue weighted by Gasteiger charge is 2.21. The number of amides is 1. The summed E-state index contributed by atoms with van der Waals surface area (Å²) in [6.07, 6.45) is 3.89. The molecule has 1 saturated heterocycles.